The van der Waals surface area contributed by atoms with Crippen LogP contribution in [0.3, 0.4) is 0 Å². The molecule has 1 fully saturated rings. The Morgan fingerprint density at radius 3 is 2.85 bits per heavy atom. The maximum absolute atomic E-state index is 12.7. The number of nitrogens with one attached hydrogen (secondary N) is 1. The Bertz CT molecular complexity index is 850. The van der Waals surface area contributed by atoms with Gasteiger partial charge in [-0.3, -0.25) is 14.5 Å². The van der Waals surface area contributed by atoms with Gasteiger partial charge in [-0.15, -0.1) is 0 Å². The summed E-state index contributed by atoms with van der Waals surface area (Å²) >= 11 is 6.56. The number of nitrogens with zero attached hydrogens (tertiary/aromatic N) is 3. The largest absolute Gasteiger partial charge is 0.354 e. The lowest BCUT2D eigenvalue weighted by atomic mass is 10.2. The van der Waals surface area contributed by atoms with E-state index in [1.54, 1.807) is 25.5 Å². The van der Waals surface area contributed by atoms with Crippen LogP contribution in [0, 0.1) is 0 Å². The Hall–Kier alpha value is -2.45. The molecule has 1 N–H and O–H groups in total. The van der Waals surface area contributed by atoms with E-state index in [0.29, 0.717) is 15.8 Å². The van der Waals surface area contributed by atoms with Crippen molar-refractivity contribution in [2.75, 3.05) is 6.54 Å². The second-order valence-corrected chi connectivity index (χ2v) is 7.76. The number of rotatable bonds is 7. The highest BCUT2D eigenvalue weighted by molar-refractivity contribution is 8.26. The van der Waals surface area contributed by atoms with Crippen LogP contribution in [-0.2, 0) is 16.1 Å². The molecule has 2 heterocycles. The lowest BCUT2D eigenvalue weighted by molar-refractivity contribution is -0.132. The van der Waals surface area contributed by atoms with Gasteiger partial charge in [0.2, 0.25) is 5.91 Å². The van der Waals surface area contributed by atoms with E-state index >= 15 is 0 Å². The maximum Gasteiger partial charge on any atom is 0.266 e. The molecule has 1 unspecified atom stereocenters. The summed E-state index contributed by atoms with van der Waals surface area (Å²) in [6.45, 7) is 2.99. The Morgan fingerprint density at radius 2 is 2.15 bits per heavy atom. The summed E-state index contributed by atoms with van der Waals surface area (Å²) in [4.78, 5) is 31.0. The van der Waals surface area contributed by atoms with Gasteiger partial charge in [0.05, 0.1) is 11.2 Å². The third-order valence-corrected chi connectivity index (χ3v) is 5.47. The van der Waals surface area contributed by atoms with Gasteiger partial charge in [-0.1, -0.05) is 54.3 Å². The maximum atomic E-state index is 12.7. The Labute approximate surface area is 167 Å². The van der Waals surface area contributed by atoms with Crippen molar-refractivity contribution < 1.29 is 9.59 Å². The van der Waals surface area contributed by atoms with Crippen LogP contribution in [0.1, 0.15) is 18.9 Å². The van der Waals surface area contributed by atoms with Crippen molar-refractivity contribution >= 4 is 46.2 Å². The molecule has 0 spiro atoms. The molecule has 0 bridgehead atoms. The molecule has 1 saturated heterocycles. The van der Waals surface area contributed by atoms with Gasteiger partial charge in [0.1, 0.15) is 10.4 Å². The first kappa shape index (κ1) is 19.3. The van der Waals surface area contributed by atoms with Crippen molar-refractivity contribution in [3.05, 3.63) is 59.5 Å². The molecule has 2 amide bonds. The van der Waals surface area contributed by atoms with Crippen molar-refractivity contribution in [1.29, 1.82) is 0 Å². The van der Waals surface area contributed by atoms with Crippen LogP contribution in [0.4, 0.5) is 0 Å². The van der Waals surface area contributed by atoms with E-state index in [0.717, 1.165) is 18.5 Å². The van der Waals surface area contributed by atoms with Crippen molar-refractivity contribution in [3.8, 4) is 0 Å². The first-order valence-corrected chi connectivity index (χ1v) is 9.84. The highest BCUT2D eigenvalue weighted by Crippen LogP contribution is 2.33. The number of aryl methyl sites for hydroxylation is 1. The Morgan fingerprint density at radius 1 is 1.37 bits per heavy atom. The van der Waals surface area contributed by atoms with Gasteiger partial charge in [0, 0.05) is 25.5 Å². The molecule has 0 aliphatic carbocycles. The molecule has 27 heavy (non-hydrogen) atoms. The smallest absolute Gasteiger partial charge is 0.266 e. The zero-order valence-corrected chi connectivity index (χ0v) is 16.5. The fraction of sp³-hybridized carbons (Fsp3) is 0.263. The first-order valence-electron chi connectivity index (χ1n) is 8.62. The quantitative estimate of drug-likeness (QED) is 0.440. The number of carbonyl (C=O) groups is 2. The molecule has 140 valence electrons. The number of hydrogen-bond donors (Lipinski definition) is 1. The molecule has 1 atom stereocenters. The summed E-state index contributed by atoms with van der Waals surface area (Å²) in [6, 6.07) is 8.93. The second kappa shape index (κ2) is 8.96. The molecule has 1 aliphatic rings. The van der Waals surface area contributed by atoms with Crippen molar-refractivity contribution in [2.45, 2.75) is 25.9 Å². The van der Waals surface area contributed by atoms with Gasteiger partial charge < -0.3 is 9.88 Å². The number of aromatic nitrogens is 2. The van der Waals surface area contributed by atoms with Gasteiger partial charge in [-0.25, -0.2) is 4.98 Å². The van der Waals surface area contributed by atoms with Gasteiger partial charge in [0.25, 0.3) is 5.91 Å². The number of benzene rings is 1. The molecule has 0 radical (unpaired) electrons. The molecular weight excluding hydrogens is 380 g/mol. The van der Waals surface area contributed by atoms with E-state index in [9.17, 15) is 9.59 Å². The van der Waals surface area contributed by atoms with Crippen molar-refractivity contribution in [3.63, 3.8) is 0 Å². The van der Waals surface area contributed by atoms with E-state index in [4.69, 9.17) is 12.2 Å². The lowest BCUT2D eigenvalue weighted by Crippen LogP contribution is -2.47. The monoisotopic (exact) mass is 400 g/mol. The number of thioether (sulfide) groups is 1. The molecule has 2 aromatic rings. The number of amides is 2. The van der Waals surface area contributed by atoms with Crippen LogP contribution < -0.4 is 5.32 Å². The molecule has 1 aromatic carbocycles. The van der Waals surface area contributed by atoms with Crippen LogP contribution in [0.25, 0.3) is 6.08 Å². The Kier molecular flexibility index (Phi) is 6.41. The van der Waals surface area contributed by atoms with Crippen LogP contribution in [0.2, 0.25) is 0 Å². The molecule has 3 rings (SSSR count). The third kappa shape index (κ3) is 4.84. The third-order valence-electron chi connectivity index (χ3n) is 4.14. The predicted octanol–water partition coefficient (Wildman–Crippen LogP) is 2.68. The number of thiocarbonyl (C=S) groups is 1. The summed E-state index contributed by atoms with van der Waals surface area (Å²) in [6.07, 6.45) is 7.92. The van der Waals surface area contributed by atoms with E-state index < -0.39 is 6.04 Å². The van der Waals surface area contributed by atoms with Gasteiger partial charge in [-0.2, -0.15) is 0 Å². The number of hydrogen-bond acceptors (Lipinski definition) is 5. The number of carbonyl (C=O) groups excluding carboxylic acids is 2. The standard InChI is InChI=1S/C19H20N4O2S2/c1-14(17(24)21-8-5-10-22-11-9-20-13-22)23-18(25)16(27-19(23)26)12-15-6-3-2-4-7-15/h2-4,6-7,9,11-14H,5,8,10H2,1H3,(H,21,24). The summed E-state index contributed by atoms with van der Waals surface area (Å²) in [5.74, 6) is -0.437. The fourth-order valence-electron chi connectivity index (χ4n) is 2.67. The predicted molar refractivity (Wildman–Crippen MR) is 111 cm³/mol. The van der Waals surface area contributed by atoms with Crippen molar-refractivity contribution in [1.82, 2.24) is 19.8 Å². The van der Waals surface area contributed by atoms with E-state index in [1.165, 1.54) is 16.7 Å². The molecular formula is C19H20N4O2S2. The van der Waals surface area contributed by atoms with Crippen LogP contribution in [-0.4, -0.2) is 43.2 Å². The summed E-state index contributed by atoms with van der Waals surface area (Å²) in [7, 11) is 0. The molecule has 6 nitrogen and oxygen atoms in total. The zero-order valence-electron chi connectivity index (χ0n) is 14.9. The topological polar surface area (TPSA) is 67.2 Å². The van der Waals surface area contributed by atoms with Crippen LogP contribution in [0.15, 0.2) is 54.0 Å². The minimum Gasteiger partial charge on any atom is -0.354 e. The van der Waals surface area contributed by atoms with E-state index in [-0.39, 0.29) is 11.8 Å². The number of imidazole rings is 1. The second-order valence-electron chi connectivity index (χ2n) is 6.08. The summed E-state index contributed by atoms with van der Waals surface area (Å²) < 4.78 is 2.36. The van der Waals surface area contributed by atoms with Crippen LogP contribution in [0.5, 0.6) is 0 Å². The average molecular weight is 401 g/mol. The first-order chi connectivity index (χ1) is 13.1. The normalized spacial score (nSPS) is 16.8. The zero-order chi connectivity index (χ0) is 19.2. The highest BCUT2D eigenvalue weighted by Gasteiger charge is 2.38. The highest BCUT2D eigenvalue weighted by atomic mass is 32.2. The molecule has 8 heteroatoms. The molecule has 0 saturated carbocycles. The van der Waals surface area contributed by atoms with E-state index in [2.05, 4.69) is 10.3 Å². The van der Waals surface area contributed by atoms with Gasteiger partial charge >= 0.3 is 0 Å². The summed E-state index contributed by atoms with van der Waals surface area (Å²) in [5.41, 5.74) is 0.926. The van der Waals surface area contributed by atoms with Gasteiger partial charge in [0.15, 0.2) is 0 Å². The molecule has 1 aliphatic heterocycles. The van der Waals surface area contributed by atoms with Crippen LogP contribution >= 0.6 is 24.0 Å². The van der Waals surface area contributed by atoms with E-state index in [1.807, 2.05) is 41.1 Å². The van der Waals surface area contributed by atoms with Gasteiger partial charge in [-0.05, 0) is 25.0 Å². The average Bonchev–Trinajstić information content (AvgIpc) is 3.27. The van der Waals surface area contributed by atoms with Crippen molar-refractivity contribution in [2.24, 2.45) is 0 Å². The fourth-order valence-corrected chi connectivity index (χ4v) is 4.09. The summed E-state index contributed by atoms with van der Waals surface area (Å²) in [5, 5.41) is 2.87. The minimum atomic E-state index is -0.646. The Balaban J connectivity index is 1.56. The molecule has 1 aromatic heterocycles. The SMILES string of the molecule is CC(C(=O)NCCCn1ccnc1)N1C(=O)C(=Cc2ccccc2)SC1=S. The minimum absolute atomic E-state index is 0.210. The lowest BCUT2D eigenvalue weighted by Gasteiger charge is -2.22.